The second-order valence-corrected chi connectivity index (χ2v) is 7.42. The van der Waals surface area contributed by atoms with Crippen LogP contribution in [0.2, 0.25) is 0 Å². The molecule has 7 heteroatoms. The Morgan fingerprint density at radius 2 is 1.42 bits per heavy atom. The zero-order valence-corrected chi connectivity index (χ0v) is 18.0. The van der Waals surface area contributed by atoms with E-state index in [-0.39, 0.29) is 11.6 Å². The van der Waals surface area contributed by atoms with E-state index in [0.717, 1.165) is 6.42 Å². The van der Waals surface area contributed by atoms with Crippen LogP contribution in [0.25, 0.3) is 0 Å². The maximum Gasteiger partial charge on any atom is 0.338 e. The Morgan fingerprint density at radius 3 is 1.90 bits per heavy atom. The molecule has 0 saturated carbocycles. The standard InChI is InChI=1S/C24H28O6.H2O/c1-4-16(2)27-24-21(30-23(26)19-13-9-6-10-14-19)15-20(17(3)28-24)29-22(25)18-11-7-5-8-12-18;/h5-14,16-17,20-21,24H,4,15H2,1-3H3;1H2/t16-,17?,20?,21?,24?;/m1./s1. The largest absolute Gasteiger partial charge is 0.456 e. The van der Waals surface area contributed by atoms with Crippen LogP contribution < -0.4 is 0 Å². The van der Waals surface area contributed by atoms with E-state index >= 15 is 0 Å². The van der Waals surface area contributed by atoms with Gasteiger partial charge in [-0.3, -0.25) is 0 Å². The van der Waals surface area contributed by atoms with E-state index in [1.165, 1.54) is 0 Å². The van der Waals surface area contributed by atoms with Crippen LogP contribution in [0.5, 0.6) is 0 Å². The molecule has 168 valence electrons. The average molecular weight is 430 g/mol. The second kappa shape index (κ2) is 11.6. The van der Waals surface area contributed by atoms with Gasteiger partial charge < -0.3 is 24.4 Å². The molecule has 3 rings (SSSR count). The van der Waals surface area contributed by atoms with Crippen molar-refractivity contribution >= 4 is 11.9 Å². The third-order valence-electron chi connectivity index (χ3n) is 5.12. The molecule has 2 N–H and O–H groups in total. The molecule has 7 nitrogen and oxygen atoms in total. The van der Waals surface area contributed by atoms with E-state index in [1.807, 2.05) is 32.9 Å². The first-order chi connectivity index (χ1) is 14.5. The van der Waals surface area contributed by atoms with Crippen LogP contribution in [0, 0.1) is 0 Å². The number of rotatable bonds is 7. The van der Waals surface area contributed by atoms with Gasteiger partial charge in [-0.15, -0.1) is 0 Å². The summed E-state index contributed by atoms with van der Waals surface area (Å²) >= 11 is 0. The van der Waals surface area contributed by atoms with Crippen molar-refractivity contribution < 1.29 is 34.0 Å². The Labute approximate surface area is 182 Å². The van der Waals surface area contributed by atoms with Gasteiger partial charge in [0, 0.05) is 6.42 Å². The molecule has 5 atom stereocenters. The van der Waals surface area contributed by atoms with E-state index in [4.69, 9.17) is 18.9 Å². The average Bonchev–Trinajstić information content (AvgIpc) is 2.77. The van der Waals surface area contributed by atoms with E-state index in [2.05, 4.69) is 0 Å². The minimum atomic E-state index is -0.728. The highest BCUT2D eigenvalue weighted by molar-refractivity contribution is 5.90. The lowest BCUT2D eigenvalue weighted by Gasteiger charge is -2.39. The van der Waals surface area contributed by atoms with Crippen molar-refractivity contribution in [3.05, 3.63) is 71.8 Å². The monoisotopic (exact) mass is 430 g/mol. The van der Waals surface area contributed by atoms with Crippen molar-refractivity contribution in [2.75, 3.05) is 0 Å². The molecular weight excluding hydrogens is 400 g/mol. The van der Waals surface area contributed by atoms with E-state index in [0.29, 0.717) is 17.5 Å². The molecule has 0 aliphatic carbocycles. The molecular formula is C24H30O7. The first-order valence-corrected chi connectivity index (χ1v) is 10.3. The Balaban J connectivity index is 0.00000341. The molecule has 0 spiro atoms. The molecule has 1 aliphatic rings. The van der Waals surface area contributed by atoms with Gasteiger partial charge in [-0.2, -0.15) is 0 Å². The highest BCUT2D eigenvalue weighted by atomic mass is 16.7. The van der Waals surface area contributed by atoms with Crippen LogP contribution in [0.4, 0.5) is 0 Å². The lowest BCUT2D eigenvalue weighted by atomic mass is 10.0. The van der Waals surface area contributed by atoms with Crippen LogP contribution >= 0.6 is 0 Å². The highest BCUT2D eigenvalue weighted by Crippen LogP contribution is 2.28. The molecule has 0 bridgehead atoms. The van der Waals surface area contributed by atoms with Gasteiger partial charge in [-0.1, -0.05) is 43.3 Å². The predicted molar refractivity (Wildman–Crippen MR) is 115 cm³/mol. The zero-order chi connectivity index (χ0) is 21.5. The van der Waals surface area contributed by atoms with Crippen LogP contribution in [0.15, 0.2) is 60.7 Å². The quantitative estimate of drug-likeness (QED) is 0.622. The molecule has 2 aromatic rings. The van der Waals surface area contributed by atoms with Crippen LogP contribution in [0.1, 0.15) is 54.3 Å². The van der Waals surface area contributed by atoms with E-state index in [9.17, 15) is 9.59 Å². The van der Waals surface area contributed by atoms with Crippen molar-refractivity contribution in [1.82, 2.24) is 0 Å². The normalized spacial score (nSPS) is 23.8. The maximum absolute atomic E-state index is 12.6. The molecule has 0 amide bonds. The third-order valence-corrected chi connectivity index (χ3v) is 5.12. The number of ether oxygens (including phenoxy) is 4. The number of carbonyl (C=O) groups is 2. The fourth-order valence-electron chi connectivity index (χ4n) is 3.17. The lowest BCUT2D eigenvalue weighted by molar-refractivity contribution is -0.272. The van der Waals surface area contributed by atoms with Gasteiger partial charge in [0.1, 0.15) is 6.10 Å². The number of hydrogen-bond acceptors (Lipinski definition) is 6. The third kappa shape index (κ3) is 6.62. The van der Waals surface area contributed by atoms with E-state index in [1.54, 1.807) is 48.5 Å². The number of esters is 2. The SMILES string of the molecule is CC[C@@H](C)OC1OC(C)C(OC(=O)c2ccccc2)CC1OC(=O)c1ccccc1.O. The van der Waals surface area contributed by atoms with Gasteiger partial charge in [-0.05, 0) is 44.5 Å². The Kier molecular flexibility index (Phi) is 9.18. The van der Waals surface area contributed by atoms with Gasteiger partial charge >= 0.3 is 11.9 Å². The summed E-state index contributed by atoms with van der Waals surface area (Å²) in [5, 5.41) is 0. The van der Waals surface area contributed by atoms with Crippen molar-refractivity contribution in [2.45, 2.75) is 64.3 Å². The summed E-state index contributed by atoms with van der Waals surface area (Å²) in [4.78, 5) is 25.1. The summed E-state index contributed by atoms with van der Waals surface area (Å²) < 4.78 is 23.3. The van der Waals surface area contributed by atoms with Gasteiger partial charge in [0.2, 0.25) is 0 Å². The first-order valence-electron chi connectivity index (χ1n) is 10.3. The highest BCUT2D eigenvalue weighted by Gasteiger charge is 2.41. The Morgan fingerprint density at radius 1 is 0.935 bits per heavy atom. The van der Waals surface area contributed by atoms with Crippen molar-refractivity contribution in [3.8, 4) is 0 Å². The number of hydrogen-bond donors (Lipinski definition) is 0. The maximum atomic E-state index is 12.6. The summed E-state index contributed by atoms with van der Waals surface area (Å²) in [5.74, 6) is -0.907. The minimum Gasteiger partial charge on any atom is -0.456 e. The molecule has 0 aromatic heterocycles. The van der Waals surface area contributed by atoms with Crippen molar-refractivity contribution in [1.29, 1.82) is 0 Å². The first kappa shape index (κ1) is 24.5. The van der Waals surface area contributed by atoms with Crippen molar-refractivity contribution in [2.24, 2.45) is 0 Å². The fourth-order valence-corrected chi connectivity index (χ4v) is 3.17. The molecule has 1 fully saturated rings. The van der Waals surface area contributed by atoms with Gasteiger partial charge in [-0.25, -0.2) is 9.59 Å². The van der Waals surface area contributed by atoms with Crippen molar-refractivity contribution in [3.63, 3.8) is 0 Å². The summed E-state index contributed by atoms with van der Waals surface area (Å²) in [6.45, 7) is 5.77. The lowest BCUT2D eigenvalue weighted by Crippen LogP contribution is -2.51. The fraction of sp³-hybridized carbons (Fsp3) is 0.417. The number of carbonyl (C=O) groups excluding carboxylic acids is 2. The molecule has 31 heavy (non-hydrogen) atoms. The Bertz CT molecular complexity index is 824. The summed E-state index contributed by atoms with van der Waals surface area (Å²) in [7, 11) is 0. The summed E-state index contributed by atoms with van der Waals surface area (Å²) in [6, 6.07) is 17.5. The summed E-state index contributed by atoms with van der Waals surface area (Å²) in [6.07, 6.45) is -1.38. The minimum absolute atomic E-state index is 0. The molecule has 0 radical (unpaired) electrons. The van der Waals surface area contributed by atoms with E-state index < -0.39 is 36.5 Å². The molecule has 2 aromatic carbocycles. The molecule has 1 heterocycles. The Hall–Kier alpha value is -2.74. The zero-order valence-electron chi connectivity index (χ0n) is 18.0. The second-order valence-electron chi connectivity index (χ2n) is 7.42. The van der Waals surface area contributed by atoms with Gasteiger partial charge in [0.15, 0.2) is 12.4 Å². The van der Waals surface area contributed by atoms with Crippen LogP contribution in [0.3, 0.4) is 0 Å². The predicted octanol–water partition coefficient (Wildman–Crippen LogP) is 3.56. The van der Waals surface area contributed by atoms with Gasteiger partial charge in [0.25, 0.3) is 0 Å². The van der Waals surface area contributed by atoms with Crippen LogP contribution in [-0.4, -0.2) is 48.1 Å². The molecule has 1 saturated heterocycles. The molecule has 1 aliphatic heterocycles. The molecule has 4 unspecified atom stereocenters. The smallest absolute Gasteiger partial charge is 0.338 e. The topological polar surface area (TPSA) is 103 Å². The van der Waals surface area contributed by atoms with Gasteiger partial charge in [0.05, 0.1) is 23.3 Å². The summed E-state index contributed by atoms with van der Waals surface area (Å²) in [5.41, 5.74) is 0.900. The van der Waals surface area contributed by atoms with Crippen LogP contribution in [-0.2, 0) is 18.9 Å². The number of benzene rings is 2.